The van der Waals surface area contributed by atoms with Crippen LogP contribution in [0.3, 0.4) is 0 Å². The molecule has 1 aliphatic rings. The molecule has 9 heteroatoms. The predicted molar refractivity (Wildman–Crippen MR) is 143 cm³/mol. The van der Waals surface area contributed by atoms with Crippen LogP contribution in [0.15, 0.2) is 73.1 Å². The molecule has 1 aliphatic heterocycles. The highest BCUT2D eigenvalue weighted by molar-refractivity contribution is 6.17. The van der Waals surface area contributed by atoms with Crippen LogP contribution in [-0.4, -0.2) is 58.0 Å². The van der Waals surface area contributed by atoms with Crippen LogP contribution in [0, 0.1) is 0 Å². The number of carbonyl (C=O) groups is 2. The Balaban J connectivity index is 1.33. The topological polar surface area (TPSA) is 123 Å². The Hall–Kier alpha value is -4.76. The Morgan fingerprint density at radius 1 is 0.947 bits per heavy atom. The van der Waals surface area contributed by atoms with Gasteiger partial charge in [0.15, 0.2) is 0 Å². The third kappa shape index (κ3) is 4.55. The summed E-state index contributed by atoms with van der Waals surface area (Å²) in [6.45, 7) is 2.57. The number of aromatic amines is 1. The molecule has 3 aromatic carbocycles. The fourth-order valence-electron chi connectivity index (χ4n) is 4.71. The van der Waals surface area contributed by atoms with Crippen LogP contribution in [0.25, 0.3) is 32.9 Å². The molecule has 5 aromatic rings. The second-order valence-electron chi connectivity index (χ2n) is 9.13. The van der Waals surface area contributed by atoms with Crippen molar-refractivity contribution in [3.63, 3.8) is 0 Å². The fraction of sp³-hybridized carbons (Fsp3) is 0.172. The van der Waals surface area contributed by atoms with Gasteiger partial charge in [0.2, 0.25) is 0 Å². The highest BCUT2D eigenvalue weighted by Crippen LogP contribution is 2.33. The summed E-state index contributed by atoms with van der Waals surface area (Å²) in [6.07, 6.45) is 3.32. The van der Waals surface area contributed by atoms with E-state index in [4.69, 9.17) is 15.2 Å². The normalized spacial score (nSPS) is 13.6. The van der Waals surface area contributed by atoms with Crippen molar-refractivity contribution in [2.24, 2.45) is 5.73 Å². The first-order chi connectivity index (χ1) is 18.6. The van der Waals surface area contributed by atoms with E-state index in [-0.39, 0.29) is 11.9 Å². The minimum absolute atomic E-state index is 0.0450. The monoisotopic (exact) mass is 507 g/mol. The van der Waals surface area contributed by atoms with E-state index in [2.05, 4.69) is 15.0 Å². The van der Waals surface area contributed by atoms with E-state index in [1.54, 1.807) is 23.4 Å². The number of nitrogens with zero attached hydrogens (tertiary/aromatic N) is 3. The Morgan fingerprint density at radius 2 is 1.71 bits per heavy atom. The van der Waals surface area contributed by atoms with Crippen LogP contribution in [0.1, 0.15) is 26.3 Å². The summed E-state index contributed by atoms with van der Waals surface area (Å²) in [4.78, 5) is 39.2. The highest BCUT2D eigenvalue weighted by atomic mass is 16.5. The Bertz CT molecular complexity index is 1640. The third-order valence-electron chi connectivity index (χ3n) is 6.69. The van der Waals surface area contributed by atoms with Crippen molar-refractivity contribution in [3.8, 4) is 17.1 Å². The van der Waals surface area contributed by atoms with Crippen molar-refractivity contribution >= 4 is 33.6 Å². The number of nitrogens with one attached hydrogen (secondary N) is 1. The predicted octanol–water partition coefficient (Wildman–Crippen LogP) is 3.93. The van der Waals surface area contributed by atoms with Gasteiger partial charge in [-0.2, -0.15) is 0 Å². The van der Waals surface area contributed by atoms with Crippen molar-refractivity contribution < 1.29 is 19.1 Å². The van der Waals surface area contributed by atoms with Gasteiger partial charge in [0.25, 0.3) is 11.8 Å². The molecule has 3 N–H and O–H groups in total. The molecule has 2 amide bonds. The van der Waals surface area contributed by atoms with Gasteiger partial charge in [-0.25, -0.2) is 9.97 Å². The molecule has 3 heterocycles. The third-order valence-corrected chi connectivity index (χ3v) is 6.69. The standard InChI is InChI=1S/C29H25N5O4/c30-27(35)24-13-20(21-15-31-29(32-16-21)38-17-18-4-2-1-3-5-18)12-23-22-7-6-19(14-25(22)33-26(23)24)28(36)34-8-10-37-11-9-34/h1-7,12-16,33H,8-11,17H2,(H2,30,35). The number of aromatic nitrogens is 3. The van der Waals surface area contributed by atoms with E-state index >= 15 is 0 Å². The number of primary amides is 1. The van der Waals surface area contributed by atoms with E-state index < -0.39 is 5.91 Å². The van der Waals surface area contributed by atoms with E-state index in [1.165, 1.54) is 0 Å². The van der Waals surface area contributed by atoms with Crippen molar-refractivity contribution in [1.82, 2.24) is 19.9 Å². The molecule has 0 radical (unpaired) electrons. The number of carbonyl (C=O) groups excluding carboxylic acids is 2. The summed E-state index contributed by atoms with van der Waals surface area (Å²) >= 11 is 0. The van der Waals surface area contributed by atoms with Gasteiger partial charge in [-0.15, -0.1) is 0 Å². The number of amides is 2. The first-order valence-corrected chi connectivity index (χ1v) is 12.3. The van der Waals surface area contributed by atoms with E-state index in [9.17, 15) is 9.59 Å². The van der Waals surface area contributed by atoms with Crippen LogP contribution in [-0.2, 0) is 11.3 Å². The second-order valence-corrected chi connectivity index (χ2v) is 9.13. The second kappa shape index (κ2) is 9.95. The van der Waals surface area contributed by atoms with Gasteiger partial charge in [0.05, 0.1) is 24.3 Å². The zero-order valence-electron chi connectivity index (χ0n) is 20.5. The van der Waals surface area contributed by atoms with E-state index in [0.717, 1.165) is 33.0 Å². The smallest absolute Gasteiger partial charge is 0.316 e. The fourth-order valence-corrected chi connectivity index (χ4v) is 4.71. The largest absolute Gasteiger partial charge is 0.459 e. The number of morpholine rings is 1. The molecule has 190 valence electrons. The number of fused-ring (bicyclic) bond motifs is 3. The summed E-state index contributed by atoms with van der Waals surface area (Å²) < 4.78 is 11.1. The summed E-state index contributed by atoms with van der Waals surface area (Å²) in [5, 5.41) is 1.70. The number of hydrogen-bond acceptors (Lipinski definition) is 6. The molecule has 0 spiro atoms. The molecule has 1 saturated heterocycles. The zero-order chi connectivity index (χ0) is 26.1. The maximum absolute atomic E-state index is 13.0. The molecule has 0 unspecified atom stereocenters. The number of nitrogens with two attached hydrogens (primary N) is 1. The van der Waals surface area contributed by atoms with Gasteiger partial charge in [0.1, 0.15) is 6.61 Å². The average Bonchev–Trinajstić information content (AvgIpc) is 3.34. The molecule has 2 aromatic heterocycles. The van der Waals surface area contributed by atoms with Gasteiger partial charge in [-0.05, 0) is 35.4 Å². The van der Waals surface area contributed by atoms with Crippen molar-refractivity contribution in [1.29, 1.82) is 0 Å². The number of hydrogen-bond donors (Lipinski definition) is 2. The molecular formula is C29H25N5O4. The highest BCUT2D eigenvalue weighted by Gasteiger charge is 2.20. The minimum Gasteiger partial charge on any atom is -0.459 e. The molecular weight excluding hydrogens is 482 g/mol. The number of benzene rings is 3. The number of H-pyrrole nitrogens is 1. The van der Waals surface area contributed by atoms with Gasteiger partial charge < -0.3 is 25.1 Å². The van der Waals surface area contributed by atoms with Gasteiger partial charge in [-0.1, -0.05) is 36.4 Å². The molecule has 0 atom stereocenters. The number of rotatable bonds is 6. The Labute approximate surface area is 218 Å². The van der Waals surface area contributed by atoms with Crippen LogP contribution in [0.2, 0.25) is 0 Å². The first kappa shape index (κ1) is 23.6. The maximum atomic E-state index is 13.0. The molecule has 0 saturated carbocycles. The SMILES string of the molecule is NC(=O)c1cc(-c2cnc(OCc3ccccc3)nc2)cc2c1[nH]c1cc(C(=O)N3CCOCC3)ccc12. The zero-order valence-corrected chi connectivity index (χ0v) is 20.5. The molecule has 6 rings (SSSR count). The van der Waals surface area contributed by atoms with Crippen LogP contribution >= 0.6 is 0 Å². The van der Waals surface area contributed by atoms with Crippen molar-refractivity contribution in [3.05, 3.63) is 89.7 Å². The Morgan fingerprint density at radius 3 is 2.45 bits per heavy atom. The molecule has 9 nitrogen and oxygen atoms in total. The van der Waals surface area contributed by atoms with Gasteiger partial charge in [0, 0.05) is 52.9 Å². The Kier molecular flexibility index (Phi) is 6.19. The van der Waals surface area contributed by atoms with Crippen LogP contribution in [0.5, 0.6) is 6.01 Å². The lowest BCUT2D eigenvalue weighted by Gasteiger charge is -2.26. The van der Waals surface area contributed by atoms with Crippen LogP contribution < -0.4 is 10.5 Å². The summed E-state index contributed by atoms with van der Waals surface area (Å²) in [5.41, 5.74) is 10.5. The average molecular weight is 508 g/mol. The summed E-state index contributed by atoms with van der Waals surface area (Å²) in [6, 6.07) is 19.3. The van der Waals surface area contributed by atoms with Gasteiger partial charge in [-0.3, -0.25) is 9.59 Å². The van der Waals surface area contributed by atoms with Gasteiger partial charge >= 0.3 is 6.01 Å². The van der Waals surface area contributed by atoms with E-state index in [0.29, 0.717) is 49.6 Å². The summed E-state index contributed by atoms with van der Waals surface area (Å²) in [5.74, 6) is -0.604. The van der Waals surface area contributed by atoms with Crippen molar-refractivity contribution in [2.45, 2.75) is 6.61 Å². The lowest BCUT2D eigenvalue weighted by Crippen LogP contribution is -2.40. The molecule has 38 heavy (non-hydrogen) atoms. The molecule has 1 fully saturated rings. The van der Waals surface area contributed by atoms with Crippen molar-refractivity contribution in [2.75, 3.05) is 26.3 Å². The lowest BCUT2D eigenvalue weighted by molar-refractivity contribution is 0.0303. The quantitative estimate of drug-likeness (QED) is 0.359. The van der Waals surface area contributed by atoms with E-state index in [1.807, 2.05) is 54.6 Å². The minimum atomic E-state index is -0.559. The molecule has 0 bridgehead atoms. The first-order valence-electron chi connectivity index (χ1n) is 12.3. The number of ether oxygens (including phenoxy) is 2. The summed E-state index contributed by atoms with van der Waals surface area (Å²) in [7, 11) is 0. The molecule has 0 aliphatic carbocycles. The van der Waals surface area contributed by atoms with Crippen LogP contribution in [0.4, 0.5) is 0 Å². The lowest BCUT2D eigenvalue weighted by atomic mass is 10.00. The maximum Gasteiger partial charge on any atom is 0.316 e.